The van der Waals surface area contributed by atoms with E-state index in [9.17, 15) is 9.59 Å². The second-order valence-electron chi connectivity index (χ2n) is 3.90. The van der Waals surface area contributed by atoms with Gasteiger partial charge in [0.15, 0.2) is 5.13 Å². The lowest BCUT2D eigenvalue weighted by atomic mass is 10.2. The first-order valence-corrected chi connectivity index (χ1v) is 7.15. The Labute approximate surface area is 126 Å². The molecule has 4 N–H and O–H groups in total. The number of nitrogen functional groups attached to an aromatic ring is 1. The number of nitrogens with one attached hydrogen (secondary N) is 1. The second-order valence-corrected chi connectivity index (χ2v) is 5.65. The quantitative estimate of drug-likeness (QED) is 0.780. The minimum absolute atomic E-state index is 0.0808. The van der Waals surface area contributed by atoms with Crippen molar-refractivity contribution in [3.05, 3.63) is 39.3 Å². The largest absolute Gasteiger partial charge is 0.478 e. The minimum Gasteiger partial charge on any atom is -0.478 e. The Hall–Kier alpha value is -1.93. The number of anilines is 2. The molecule has 0 atom stereocenters. The van der Waals surface area contributed by atoms with Crippen LogP contribution >= 0.6 is 27.3 Å². The molecule has 0 aliphatic heterocycles. The van der Waals surface area contributed by atoms with Gasteiger partial charge >= 0.3 is 5.97 Å². The lowest BCUT2D eigenvalue weighted by Gasteiger charge is -2.07. The summed E-state index contributed by atoms with van der Waals surface area (Å²) in [5, 5.41) is 13.7. The van der Waals surface area contributed by atoms with E-state index in [0.717, 1.165) is 0 Å². The Morgan fingerprint density at radius 2 is 2.20 bits per heavy atom. The van der Waals surface area contributed by atoms with Crippen LogP contribution in [0.2, 0.25) is 0 Å². The predicted molar refractivity (Wildman–Crippen MR) is 80.0 cm³/mol. The first-order valence-electron chi connectivity index (χ1n) is 5.48. The van der Waals surface area contributed by atoms with E-state index < -0.39 is 5.97 Å². The summed E-state index contributed by atoms with van der Waals surface area (Å²) >= 11 is 4.52. The van der Waals surface area contributed by atoms with Gasteiger partial charge in [0.05, 0.1) is 23.4 Å². The number of hydrogen-bond donors (Lipinski definition) is 3. The van der Waals surface area contributed by atoms with Crippen LogP contribution in [0.3, 0.4) is 0 Å². The van der Waals surface area contributed by atoms with Crippen LogP contribution < -0.4 is 11.1 Å². The maximum atomic E-state index is 11.9. The number of thiazole rings is 1. The number of nitrogens with two attached hydrogens (primary N) is 1. The van der Waals surface area contributed by atoms with Crippen LogP contribution in [0.15, 0.2) is 28.1 Å². The standard InChI is InChI=1S/C12H10BrN3O3S/c13-8-2-1-6(11(18)19)3-9(8)16-10(17)4-7-5-20-12(14)15-7/h1-3,5H,4H2,(H2,14,15)(H,16,17)(H,18,19). The highest BCUT2D eigenvalue weighted by Gasteiger charge is 2.11. The van der Waals surface area contributed by atoms with Crippen molar-refractivity contribution in [2.75, 3.05) is 11.1 Å². The highest BCUT2D eigenvalue weighted by atomic mass is 79.9. The number of benzene rings is 1. The third kappa shape index (κ3) is 3.55. The summed E-state index contributed by atoms with van der Waals surface area (Å²) in [5.74, 6) is -1.35. The molecule has 1 heterocycles. The van der Waals surface area contributed by atoms with Gasteiger partial charge in [-0.05, 0) is 34.1 Å². The van der Waals surface area contributed by atoms with E-state index in [1.54, 1.807) is 11.4 Å². The smallest absolute Gasteiger partial charge is 0.335 e. The number of carbonyl (C=O) groups excluding carboxylic acids is 1. The SMILES string of the molecule is Nc1nc(CC(=O)Nc2cc(C(=O)O)ccc2Br)cs1. The summed E-state index contributed by atoms with van der Waals surface area (Å²) in [6.07, 6.45) is 0.0808. The van der Waals surface area contributed by atoms with E-state index in [2.05, 4.69) is 26.2 Å². The molecule has 6 nitrogen and oxygen atoms in total. The highest BCUT2D eigenvalue weighted by Crippen LogP contribution is 2.24. The van der Waals surface area contributed by atoms with Gasteiger partial charge in [0, 0.05) is 9.85 Å². The third-order valence-electron chi connectivity index (χ3n) is 2.40. The summed E-state index contributed by atoms with van der Waals surface area (Å²) < 4.78 is 0.605. The molecule has 0 radical (unpaired) electrons. The lowest BCUT2D eigenvalue weighted by Crippen LogP contribution is -2.15. The number of rotatable bonds is 4. The molecule has 1 aromatic carbocycles. The van der Waals surface area contributed by atoms with E-state index in [0.29, 0.717) is 21.0 Å². The van der Waals surface area contributed by atoms with E-state index >= 15 is 0 Å². The number of hydrogen-bond acceptors (Lipinski definition) is 5. The number of amides is 1. The second kappa shape index (κ2) is 6.02. The van der Waals surface area contributed by atoms with Crippen molar-refractivity contribution < 1.29 is 14.7 Å². The summed E-state index contributed by atoms with van der Waals surface area (Å²) in [4.78, 5) is 26.8. The molecular weight excluding hydrogens is 346 g/mol. The Morgan fingerprint density at radius 1 is 1.45 bits per heavy atom. The van der Waals surface area contributed by atoms with Crippen LogP contribution in [0.4, 0.5) is 10.8 Å². The van der Waals surface area contributed by atoms with Crippen LogP contribution in [0.5, 0.6) is 0 Å². The first kappa shape index (κ1) is 14.5. The number of nitrogens with zero attached hydrogens (tertiary/aromatic N) is 1. The summed E-state index contributed by atoms with van der Waals surface area (Å²) in [6, 6.07) is 4.41. The molecule has 2 aromatic rings. The zero-order valence-corrected chi connectivity index (χ0v) is 12.5. The van der Waals surface area contributed by atoms with Crippen LogP contribution in [0, 0.1) is 0 Å². The summed E-state index contributed by atoms with van der Waals surface area (Å²) in [5.41, 5.74) is 6.57. The van der Waals surface area contributed by atoms with Gasteiger partial charge in [0.1, 0.15) is 0 Å². The number of carbonyl (C=O) groups is 2. The van der Waals surface area contributed by atoms with Gasteiger partial charge in [-0.25, -0.2) is 9.78 Å². The molecule has 0 fully saturated rings. The molecule has 0 spiro atoms. The van der Waals surface area contributed by atoms with Crippen molar-refractivity contribution in [3.63, 3.8) is 0 Å². The third-order valence-corrected chi connectivity index (χ3v) is 3.81. The van der Waals surface area contributed by atoms with Gasteiger partial charge in [-0.2, -0.15) is 0 Å². The molecule has 0 aliphatic rings. The maximum Gasteiger partial charge on any atom is 0.335 e. The molecule has 8 heteroatoms. The van der Waals surface area contributed by atoms with Crippen molar-refractivity contribution in [3.8, 4) is 0 Å². The van der Waals surface area contributed by atoms with E-state index in [1.165, 1.54) is 23.5 Å². The molecule has 2 rings (SSSR count). The fourth-order valence-electron chi connectivity index (χ4n) is 1.52. The van der Waals surface area contributed by atoms with E-state index in [1.807, 2.05) is 0 Å². The van der Waals surface area contributed by atoms with Crippen molar-refractivity contribution in [1.29, 1.82) is 0 Å². The van der Waals surface area contributed by atoms with Crippen molar-refractivity contribution in [2.45, 2.75) is 6.42 Å². The Bertz CT molecular complexity index is 672. The number of carboxylic acid groups (broad SMARTS) is 1. The highest BCUT2D eigenvalue weighted by molar-refractivity contribution is 9.10. The fourth-order valence-corrected chi connectivity index (χ4v) is 2.43. The number of aromatic nitrogens is 1. The van der Waals surface area contributed by atoms with Crippen molar-refractivity contribution in [2.24, 2.45) is 0 Å². The Balaban J connectivity index is 2.11. The minimum atomic E-state index is -1.06. The number of aromatic carboxylic acids is 1. The normalized spacial score (nSPS) is 10.2. The molecular formula is C12H10BrN3O3S. The molecule has 0 saturated heterocycles. The number of halogens is 1. The van der Waals surface area contributed by atoms with Crippen LogP contribution in [-0.2, 0) is 11.2 Å². The van der Waals surface area contributed by atoms with Gasteiger partial charge in [-0.1, -0.05) is 0 Å². The molecule has 1 aromatic heterocycles. The zero-order valence-electron chi connectivity index (χ0n) is 10.1. The van der Waals surface area contributed by atoms with Crippen LogP contribution in [-0.4, -0.2) is 22.0 Å². The first-order chi connectivity index (χ1) is 9.45. The molecule has 0 bridgehead atoms. The van der Waals surface area contributed by atoms with E-state index in [4.69, 9.17) is 10.8 Å². The number of carboxylic acids is 1. The zero-order chi connectivity index (χ0) is 14.7. The molecule has 104 valence electrons. The van der Waals surface area contributed by atoms with Gasteiger partial charge in [0.25, 0.3) is 0 Å². The van der Waals surface area contributed by atoms with Crippen molar-refractivity contribution >= 4 is 50.0 Å². The molecule has 0 saturated carbocycles. The van der Waals surface area contributed by atoms with Crippen molar-refractivity contribution in [1.82, 2.24) is 4.98 Å². The topological polar surface area (TPSA) is 105 Å². The van der Waals surface area contributed by atoms with E-state index in [-0.39, 0.29) is 17.9 Å². The van der Waals surface area contributed by atoms with Gasteiger partial charge in [0.2, 0.25) is 5.91 Å². The predicted octanol–water partition coefficient (Wildman–Crippen LogP) is 2.37. The molecule has 0 aliphatic carbocycles. The maximum absolute atomic E-state index is 11.9. The average molecular weight is 356 g/mol. The Morgan fingerprint density at radius 3 is 2.80 bits per heavy atom. The molecule has 0 unspecified atom stereocenters. The average Bonchev–Trinajstić information content (AvgIpc) is 2.77. The fraction of sp³-hybridized carbons (Fsp3) is 0.0833. The molecule has 1 amide bonds. The van der Waals surface area contributed by atoms with Gasteiger partial charge < -0.3 is 16.2 Å². The Kier molecular flexibility index (Phi) is 4.35. The summed E-state index contributed by atoms with van der Waals surface area (Å²) in [7, 11) is 0. The van der Waals surface area contributed by atoms with Gasteiger partial charge in [-0.15, -0.1) is 11.3 Å². The monoisotopic (exact) mass is 355 g/mol. The van der Waals surface area contributed by atoms with Gasteiger partial charge in [-0.3, -0.25) is 4.79 Å². The van der Waals surface area contributed by atoms with Crippen LogP contribution in [0.1, 0.15) is 16.1 Å². The molecule has 20 heavy (non-hydrogen) atoms. The van der Waals surface area contributed by atoms with Crippen LogP contribution in [0.25, 0.3) is 0 Å². The summed E-state index contributed by atoms with van der Waals surface area (Å²) in [6.45, 7) is 0. The lowest BCUT2D eigenvalue weighted by molar-refractivity contribution is -0.115.